The fourth-order valence-electron chi connectivity index (χ4n) is 3.32. The summed E-state index contributed by atoms with van der Waals surface area (Å²) >= 11 is 0. The van der Waals surface area contributed by atoms with E-state index < -0.39 is 0 Å². The molecule has 8 nitrogen and oxygen atoms in total. The number of likely N-dealkylation sites (tertiary alicyclic amines) is 1. The summed E-state index contributed by atoms with van der Waals surface area (Å²) in [6.45, 7) is 7.43. The summed E-state index contributed by atoms with van der Waals surface area (Å²) in [5, 5.41) is 6.72. The van der Waals surface area contributed by atoms with Crippen molar-refractivity contribution >= 4 is 17.8 Å². The number of hydrogen-bond donors (Lipinski definition) is 1. The topological polar surface area (TPSA) is 85.4 Å². The van der Waals surface area contributed by atoms with Gasteiger partial charge in [-0.2, -0.15) is 10.1 Å². The lowest BCUT2D eigenvalue weighted by molar-refractivity contribution is -0.144. The second-order valence-corrected chi connectivity index (χ2v) is 6.50. The van der Waals surface area contributed by atoms with Crippen LogP contribution < -0.4 is 4.90 Å². The highest BCUT2D eigenvalue weighted by Gasteiger charge is 2.34. The Balaban J connectivity index is 1.56. The molecule has 2 aliphatic heterocycles. The maximum atomic E-state index is 12.8. The summed E-state index contributed by atoms with van der Waals surface area (Å²) in [6.07, 6.45) is 2.64. The number of aromatic amines is 1. The normalized spacial score (nSPS) is 22.8. The van der Waals surface area contributed by atoms with E-state index in [2.05, 4.69) is 20.1 Å². The Bertz CT molecular complexity index is 550. The second kappa shape index (κ2) is 6.55. The van der Waals surface area contributed by atoms with Gasteiger partial charge in [0.2, 0.25) is 17.8 Å². The SMILES string of the molecule is CC(C)N1C[C@H](C(=O)N2CCN(c3ncn[nH]3)CC2)CCC1=O. The molecule has 0 radical (unpaired) electrons. The molecule has 23 heavy (non-hydrogen) atoms. The Hall–Kier alpha value is -2.12. The molecule has 1 aromatic rings. The van der Waals surface area contributed by atoms with Crippen LogP contribution in [0.2, 0.25) is 0 Å². The number of carbonyl (C=O) groups excluding carboxylic acids is 2. The quantitative estimate of drug-likeness (QED) is 0.854. The molecule has 0 unspecified atom stereocenters. The van der Waals surface area contributed by atoms with Gasteiger partial charge in [-0.15, -0.1) is 0 Å². The number of nitrogens with one attached hydrogen (secondary N) is 1. The molecule has 2 saturated heterocycles. The first-order valence-corrected chi connectivity index (χ1v) is 8.25. The van der Waals surface area contributed by atoms with E-state index in [0.717, 1.165) is 19.0 Å². The molecule has 3 rings (SSSR count). The van der Waals surface area contributed by atoms with Crippen molar-refractivity contribution in [2.24, 2.45) is 5.92 Å². The van der Waals surface area contributed by atoms with E-state index in [1.54, 1.807) is 0 Å². The molecule has 2 fully saturated rings. The van der Waals surface area contributed by atoms with Gasteiger partial charge in [-0.3, -0.25) is 9.59 Å². The minimum absolute atomic E-state index is 0.0630. The minimum Gasteiger partial charge on any atom is -0.339 e. The Morgan fingerprint density at radius 3 is 2.65 bits per heavy atom. The zero-order chi connectivity index (χ0) is 16.4. The van der Waals surface area contributed by atoms with Crippen molar-refractivity contribution < 1.29 is 9.59 Å². The van der Waals surface area contributed by atoms with Crippen molar-refractivity contribution in [3.05, 3.63) is 6.33 Å². The number of carbonyl (C=O) groups is 2. The average Bonchev–Trinajstić information content (AvgIpc) is 3.09. The molecular formula is C15H24N6O2. The first-order valence-electron chi connectivity index (χ1n) is 8.25. The van der Waals surface area contributed by atoms with Crippen LogP contribution in [0.5, 0.6) is 0 Å². The van der Waals surface area contributed by atoms with Gasteiger partial charge in [-0.1, -0.05) is 0 Å². The fourth-order valence-corrected chi connectivity index (χ4v) is 3.32. The number of piperidine rings is 1. The smallest absolute Gasteiger partial charge is 0.227 e. The molecule has 2 aliphatic rings. The summed E-state index contributed by atoms with van der Waals surface area (Å²) in [5.41, 5.74) is 0. The molecular weight excluding hydrogens is 296 g/mol. The standard InChI is InChI=1S/C15H24N6O2/c1-11(2)21-9-12(3-4-13(21)22)14(23)19-5-7-20(8-6-19)15-16-10-17-18-15/h10-12H,3-9H2,1-2H3,(H,16,17,18)/t12-/m1/s1. The fraction of sp³-hybridized carbons (Fsp3) is 0.733. The highest BCUT2D eigenvalue weighted by molar-refractivity contribution is 5.84. The number of H-pyrrole nitrogens is 1. The van der Waals surface area contributed by atoms with Gasteiger partial charge in [0.05, 0.1) is 5.92 Å². The summed E-state index contributed by atoms with van der Waals surface area (Å²) in [5.74, 6) is 1.04. The van der Waals surface area contributed by atoms with Gasteiger partial charge in [0, 0.05) is 45.2 Å². The lowest BCUT2D eigenvalue weighted by Crippen LogP contribution is -2.54. The maximum Gasteiger partial charge on any atom is 0.227 e. The predicted molar refractivity (Wildman–Crippen MR) is 84.7 cm³/mol. The van der Waals surface area contributed by atoms with Crippen molar-refractivity contribution in [1.82, 2.24) is 25.0 Å². The number of aromatic nitrogens is 3. The summed E-state index contributed by atoms with van der Waals surface area (Å²) in [7, 11) is 0. The van der Waals surface area contributed by atoms with Gasteiger partial charge in [0.25, 0.3) is 0 Å². The van der Waals surface area contributed by atoms with Crippen molar-refractivity contribution in [2.45, 2.75) is 32.7 Å². The number of piperazine rings is 1. The highest BCUT2D eigenvalue weighted by atomic mass is 16.2. The van der Waals surface area contributed by atoms with E-state index in [0.29, 0.717) is 32.5 Å². The third kappa shape index (κ3) is 3.30. The molecule has 2 amide bonds. The Morgan fingerprint density at radius 2 is 2.04 bits per heavy atom. The van der Waals surface area contributed by atoms with Crippen LogP contribution in [0.3, 0.4) is 0 Å². The number of amides is 2. The van der Waals surface area contributed by atoms with E-state index in [-0.39, 0.29) is 23.8 Å². The first-order chi connectivity index (χ1) is 11.1. The Labute approximate surface area is 135 Å². The molecule has 0 aliphatic carbocycles. The molecule has 1 aromatic heterocycles. The summed E-state index contributed by atoms with van der Waals surface area (Å²) in [6, 6.07) is 0.154. The van der Waals surface area contributed by atoms with Gasteiger partial charge >= 0.3 is 0 Å². The van der Waals surface area contributed by atoms with Gasteiger partial charge in [0.1, 0.15) is 6.33 Å². The third-order valence-electron chi connectivity index (χ3n) is 4.71. The summed E-state index contributed by atoms with van der Waals surface area (Å²) < 4.78 is 0. The van der Waals surface area contributed by atoms with Crippen molar-refractivity contribution in [3.63, 3.8) is 0 Å². The number of anilines is 1. The minimum atomic E-state index is -0.0630. The van der Waals surface area contributed by atoms with Gasteiger partial charge in [0.15, 0.2) is 0 Å². The third-order valence-corrected chi connectivity index (χ3v) is 4.71. The molecule has 0 bridgehead atoms. The molecule has 3 heterocycles. The number of hydrogen-bond acceptors (Lipinski definition) is 5. The molecule has 8 heteroatoms. The Morgan fingerprint density at radius 1 is 1.30 bits per heavy atom. The second-order valence-electron chi connectivity index (χ2n) is 6.50. The lowest BCUT2D eigenvalue weighted by atomic mass is 9.94. The Kier molecular flexibility index (Phi) is 4.49. The highest BCUT2D eigenvalue weighted by Crippen LogP contribution is 2.22. The number of nitrogens with zero attached hydrogens (tertiary/aromatic N) is 5. The average molecular weight is 320 g/mol. The number of rotatable bonds is 3. The predicted octanol–water partition coefficient (Wildman–Crippen LogP) is 0.100. The largest absolute Gasteiger partial charge is 0.339 e. The molecule has 0 spiro atoms. The van der Waals surface area contributed by atoms with E-state index in [4.69, 9.17) is 0 Å². The van der Waals surface area contributed by atoms with Crippen molar-refractivity contribution in [3.8, 4) is 0 Å². The van der Waals surface area contributed by atoms with Crippen LogP contribution in [-0.2, 0) is 9.59 Å². The van der Waals surface area contributed by atoms with Crippen molar-refractivity contribution in [2.75, 3.05) is 37.6 Å². The van der Waals surface area contributed by atoms with E-state index in [9.17, 15) is 9.59 Å². The van der Waals surface area contributed by atoms with E-state index in [1.807, 2.05) is 23.6 Å². The summed E-state index contributed by atoms with van der Waals surface area (Å²) in [4.78, 5) is 34.7. The molecule has 1 N–H and O–H groups in total. The lowest BCUT2D eigenvalue weighted by Gasteiger charge is -2.39. The molecule has 1 atom stereocenters. The van der Waals surface area contributed by atoms with Crippen LogP contribution in [0.4, 0.5) is 5.95 Å². The van der Waals surface area contributed by atoms with Crippen LogP contribution >= 0.6 is 0 Å². The monoisotopic (exact) mass is 320 g/mol. The van der Waals surface area contributed by atoms with Crippen LogP contribution in [-0.4, -0.2) is 75.6 Å². The van der Waals surface area contributed by atoms with Gasteiger partial charge in [-0.05, 0) is 20.3 Å². The van der Waals surface area contributed by atoms with E-state index >= 15 is 0 Å². The molecule has 0 saturated carbocycles. The van der Waals surface area contributed by atoms with Gasteiger partial charge < -0.3 is 14.7 Å². The van der Waals surface area contributed by atoms with Crippen LogP contribution in [0, 0.1) is 5.92 Å². The van der Waals surface area contributed by atoms with E-state index in [1.165, 1.54) is 6.33 Å². The molecule has 126 valence electrons. The molecule has 0 aromatic carbocycles. The van der Waals surface area contributed by atoms with Crippen LogP contribution in [0.25, 0.3) is 0 Å². The zero-order valence-corrected chi connectivity index (χ0v) is 13.7. The van der Waals surface area contributed by atoms with Gasteiger partial charge in [-0.25, -0.2) is 5.10 Å². The van der Waals surface area contributed by atoms with Crippen molar-refractivity contribution in [1.29, 1.82) is 0 Å². The van der Waals surface area contributed by atoms with Crippen LogP contribution in [0.15, 0.2) is 6.33 Å². The maximum absolute atomic E-state index is 12.8. The zero-order valence-electron chi connectivity index (χ0n) is 13.7. The van der Waals surface area contributed by atoms with Crippen LogP contribution in [0.1, 0.15) is 26.7 Å². The first kappa shape index (κ1) is 15.8.